The third-order valence-electron chi connectivity index (χ3n) is 4.79. The number of ether oxygens (including phenoxy) is 1. The summed E-state index contributed by atoms with van der Waals surface area (Å²) in [6, 6.07) is 5.81. The largest absolute Gasteiger partial charge is 0.381 e. The quantitative estimate of drug-likeness (QED) is 0.815. The molecule has 4 heterocycles. The molecule has 0 bridgehead atoms. The SMILES string of the molecule is Cc1ccn(-c2ccc(N3CCN(C(=O)C4CCOC4)CC3)nn2)n1. The summed E-state index contributed by atoms with van der Waals surface area (Å²) >= 11 is 0. The van der Waals surface area contributed by atoms with E-state index in [0.717, 1.165) is 44.1 Å². The Kier molecular flexibility index (Phi) is 4.35. The first-order valence-corrected chi connectivity index (χ1v) is 8.68. The highest BCUT2D eigenvalue weighted by molar-refractivity contribution is 5.79. The van der Waals surface area contributed by atoms with Crippen LogP contribution in [0, 0.1) is 12.8 Å². The van der Waals surface area contributed by atoms with Crippen LogP contribution in [-0.2, 0) is 9.53 Å². The Labute approximate surface area is 146 Å². The van der Waals surface area contributed by atoms with Crippen LogP contribution in [0.25, 0.3) is 5.82 Å². The van der Waals surface area contributed by atoms with Crippen molar-refractivity contribution in [3.8, 4) is 5.82 Å². The van der Waals surface area contributed by atoms with Crippen LogP contribution in [0.4, 0.5) is 5.82 Å². The lowest BCUT2D eigenvalue weighted by molar-refractivity contribution is -0.135. The van der Waals surface area contributed by atoms with E-state index in [-0.39, 0.29) is 11.8 Å². The predicted molar refractivity (Wildman–Crippen MR) is 91.6 cm³/mol. The number of aryl methyl sites for hydroxylation is 1. The van der Waals surface area contributed by atoms with E-state index in [0.29, 0.717) is 19.0 Å². The van der Waals surface area contributed by atoms with Crippen LogP contribution < -0.4 is 4.90 Å². The molecule has 0 aromatic carbocycles. The van der Waals surface area contributed by atoms with Crippen molar-refractivity contribution in [2.45, 2.75) is 13.3 Å². The number of piperazine rings is 1. The number of nitrogens with zero attached hydrogens (tertiary/aromatic N) is 6. The van der Waals surface area contributed by atoms with Gasteiger partial charge in [-0.25, -0.2) is 4.68 Å². The Hall–Kier alpha value is -2.48. The number of amides is 1. The topological polar surface area (TPSA) is 76.4 Å². The molecule has 25 heavy (non-hydrogen) atoms. The summed E-state index contributed by atoms with van der Waals surface area (Å²) in [5.41, 5.74) is 0.944. The number of anilines is 1. The van der Waals surface area contributed by atoms with E-state index in [9.17, 15) is 4.79 Å². The standard InChI is InChI=1S/C17H22N6O2/c1-13-4-6-23(20-13)16-3-2-15(18-19-16)21-7-9-22(10-8-21)17(24)14-5-11-25-12-14/h2-4,6,14H,5,7-12H2,1H3. The summed E-state index contributed by atoms with van der Waals surface area (Å²) in [6.45, 7) is 6.19. The van der Waals surface area contributed by atoms with Crippen molar-refractivity contribution < 1.29 is 9.53 Å². The van der Waals surface area contributed by atoms with Gasteiger partial charge in [-0.2, -0.15) is 5.10 Å². The maximum absolute atomic E-state index is 12.4. The van der Waals surface area contributed by atoms with Gasteiger partial charge in [0, 0.05) is 39.0 Å². The molecule has 1 unspecified atom stereocenters. The van der Waals surface area contributed by atoms with Crippen molar-refractivity contribution in [1.82, 2.24) is 24.9 Å². The third-order valence-corrected chi connectivity index (χ3v) is 4.79. The Balaban J connectivity index is 1.36. The minimum absolute atomic E-state index is 0.0446. The number of hydrogen-bond donors (Lipinski definition) is 0. The molecule has 2 aromatic rings. The molecule has 0 N–H and O–H groups in total. The van der Waals surface area contributed by atoms with Gasteiger partial charge in [-0.1, -0.05) is 0 Å². The second kappa shape index (κ2) is 6.79. The lowest BCUT2D eigenvalue weighted by atomic mass is 10.1. The molecule has 2 aromatic heterocycles. The Bertz CT molecular complexity index is 730. The van der Waals surface area contributed by atoms with E-state index in [4.69, 9.17) is 4.74 Å². The fourth-order valence-corrected chi connectivity index (χ4v) is 3.30. The lowest BCUT2D eigenvalue weighted by Gasteiger charge is -2.36. The van der Waals surface area contributed by atoms with Gasteiger partial charge in [0.2, 0.25) is 5.91 Å². The fourth-order valence-electron chi connectivity index (χ4n) is 3.30. The summed E-state index contributed by atoms with van der Waals surface area (Å²) < 4.78 is 7.04. The molecule has 1 atom stereocenters. The van der Waals surface area contributed by atoms with Gasteiger partial charge in [0.1, 0.15) is 0 Å². The molecule has 0 saturated carbocycles. The first-order valence-electron chi connectivity index (χ1n) is 8.68. The van der Waals surface area contributed by atoms with Crippen LogP contribution in [-0.4, -0.2) is 70.2 Å². The van der Waals surface area contributed by atoms with E-state index in [2.05, 4.69) is 20.2 Å². The van der Waals surface area contributed by atoms with Gasteiger partial charge in [-0.15, -0.1) is 10.2 Å². The van der Waals surface area contributed by atoms with E-state index >= 15 is 0 Å². The Morgan fingerprint density at radius 1 is 1.12 bits per heavy atom. The highest BCUT2D eigenvalue weighted by Gasteiger charge is 2.30. The highest BCUT2D eigenvalue weighted by atomic mass is 16.5. The molecule has 132 valence electrons. The number of carbonyl (C=O) groups is 1. The zero-order valence-electron chi connectivity index (χ0n) is 14.3. The molecule has 8 heteroatoms. The van der Waals surface area contributed by atoms with Crippen LogP contribution in [0.15, 0.2) is 24.4 Å². The molecule has 2 saturated heterocycles. The molecule has 8 nitrogen and oxygen atoms in total. The van der Waals surface area contributed by atoms with E-state index in [1.54, 1.807) is 4.68 Å². The molecule has 0 radical (unpaired) electrons. The van der Waals surface area contributed by atoms with Crippen molar-refractivity contribution in [2.24, 2.45) is 5.92 Å². The van der Waals surface area contributed by atoms with Crippen molar-refractivity contribution in [1.29, 1.82) is 0 Å². The average Bonchev–Trinajstić information content (AvgIpc) is 3.33. The molecule has 2 aliphatic rings. The zero-order valence-corrected chi connectivity index (χ0v) is 14.3. The molecular weight excluding hydrogens is 320 g/mol. The average molecular weight is 342 g/mol. The summed E-state index contributed by atoms with van der Waals surface area (Å²) in [5, 5.41) is 12.9. The second-order valence-corrected chi connectivity index (χ2v) is 6.52. The highest BCUT2D eigenvalue weighted by Crippen LogP contribution is 2.19. The van der Waals surface area contributed by atoms with Crippen LogP contribution in [0.2, 0.25) is 0 Å². The number of aromatic nitrogens is 4. The van der Waals surface area contributed by atoms with Crippen LogP contribution >= 0.6 is 0 Å². The van der Waals surface area contributed by atoms with Gasteiger partial charge in [0.05, 0.1) is 18.2 Å². The van der Waals surface area contributed by atoms with E-state index < -0.39 is 0 Å². The molecule has 2 aliphatic heterocycles. The first kappa shape index (κ1) is 16.0. The van der Waals surface area contributed by atoms with Gasteiger partial charge in [0.15, 0.2) is 11.6 Å². The molecule has 0 spiro atoms. The Morgan fingerprint density at radius 3 is 2.48 bits per heavy atom. The van der Waals surface area contributed by atoms with Crippen molar-refractivity contribution in [3.05, 3.63) is 30.1 Å². The lowest BCUT2D eigenvalue weighted by Crippen LogP contribution is -2.50. The third kappa shape index (κ3) is 3.34. The first-order chi connectivity index (χ1) is 12.2. The van der Waals surface area contributed by atoms with Crippen molar-refractivity contribution >= 4 is 11.7 Å². The number of carbonyl (C=O) groups excluding carboxylic acids is 1. The minimum Gasteiger partial charge on any atom is -0.381 e. The van der Waals surface area contributed by atoms with Gasteiger partial charge in [0.25, 0.3) is 0 Å². The fraction of sp³-hybridized carbons (Fsp3) is 0.529. The summed E-state index contributed by atoms with van der Waals surface area (Å²) in [6.07, 6.45) is 2.72. The van der Waals surface area contributed by atoms with Gasteiger partial charge in [-0.05, 0) is 31.5 Å². The maximum Gasteiger partial charge on any atom is 0.228 e. The van der Waals surface area contributed by atoms with Crippen molar-refractivity contribution in [2.75, 3.05) is 44.3 Å². The minimum atomic E-state index is 0.0446. The molecule has 2 fully saturated rings. The smallest absolute Gasteiger partial charge is 0.228 e. The normalized spacial score (nSPS) is 20.9. The van der Waals surface area contributed by atoms with Gasteiger partial charge >= 0.3 is 0 Å². The van der Waals surface area contributed by atoms with Gasteiger partial charge < -0.3 is 14.5 Å². The van der Waals surface area contributed by atoms with Crippen LogP contribution in [0.1, 0.15) is 12.1 Å². The monoisotopic (exact) mass is 342 g/mol. The van der Waals surface area contributed by atoms with Crippen LogP contribution in [0.3, 0.4) is 0 Å². The summed E-state index contributed by atoms with van der Waals surface area (Å²) in [4.78, 5) is 16.6. The second-order valence-electron chi connectivity index (χ2n) is 6.52. The summed E-state index contributed by atoms with van der Waals surface area (Å²) in [5.74, 6) is 1.81. The number of rotatable bonds is 3. The molecule has 1 amide bonds. The maximum atomic E-state index is 12.4. The Morgan fingerprint density at radius 2 is 1.88 bits per heavy atom. The molecule has 0 aliphatic carbocycles. The van der Waals surface area contributed by atoms with Gasteiger partial charge in [-0.3, -0.25) is 4.79 Å². The zero-order chi connectivity index (χ0) is 17.2. The van der Waals surface area contributed by atoms with E-state index in [1.165, 1.54) is 0 Å². The predicted octanol–water partition coefficient (Wildman–Crippen LogP) is 0.656. The van der Waals surface area contributed by atoms with Crippen molar-refractivity contribution in [3.63, 3.8) is 0 Å². The molecule has 4 rings (SSSR count). The molecular formula is C17H22N6O2. The number of hydrogen-bond acceptors (Lipinski definition) is 6. The van der Waals surface area contributed by atoms with E-state index in [1.807, 2.05) is 36.2 Å². The summed E-state index contributed by atoms with van der Waals surface area (Å²) in [7, 11) is 0. The van der Waals surface area contributed by atoms with Crippen LogP contribution in [0.5, 0.6) is 0 Å².